The molecule has 1 atom stereocenters. The second-order valence-corrected chi connectivity index (χ2v) is 13.6. The molecule has 9 heteroatoms. The first kappa shape index (κ1) is 30.8. The van der Waals surface area contributed by atoms with Crippen molar-refractivity contribution in [1.29, 1.82) is 0 Å². The first-order valence-electron chi connectivity index (χ1n) is 13.9. The predicted octanol–water partition coefficient (Wildman–Crippen LogP) is 4.91. The molecule has 0 fully saturated rings. The van der Waals surface area contributed by atoms with Crippen LogP contribution in [0.5, 0.6) is 0 Å². The van der Waals surface area contributed by atoms with Crippen molar-refractivity contribution in [3.63, 3.8) is 0 Å². The number of rotatable bonds is 12. The van der Waals surface area contributed by atoms with Gasteiger partial charge in [-0.2, -0.15) is 4.31 Å². The third kappa shape index (κ3) is 7.22. The molecule has 0 amide bonds. The number of β-amino-alcohol motifs (C(OH)–C–C–N with tert-alkyl or cyclic N) is 1. The van der Waals surface area contributed by atoms with Crippen molar-refractivity contribution >= 4 is 16.0 Å². The molecule has 3 N–H and O–H groups in total. The highest BCUT2D eigenvalue weighted by Gasteiger charge is 2.30. The number of aliphatic hydroxyl groups excluding tert-OH is 1. The molecule has 4 rings (SSSR count). The highest BCUT2D eigenvalue weighted by atomic mass is 32.2. The highest BCUT2D eigenvalue weighted by Crippen LogP contribution is 2.33. The molecule has 0 heterocycles. The lowest BCUT2D eigenvalue weighted by Gasteiger charge is -2.31. The fourth-order valence-electron chi connectivity index (χ4n) is 5.92. The van der Waals surface area contributed by atoms with Gasteiger partial charge in [0.25, 0.3) is 0 Å². The number of benzene rings is 3. The number of sulfonamides is 1. The van der Waals surface area contributed by atoms with Crippen LogP contribution in [0.4, 0.5) is 4.39 Å². The molecule has 0 unspecified atom stereocenters. The molecule has 1 aliphatic carbocycles. The van der Waals surface area contributed by atoms with Crippen molar-refractivity contribution in [3.8, 4) is 11.1 Å². The van der Waals surface area contributed by atoms with Crippen LogP contribution in [0.15, 0.2) is 65.6 Å². The van der Waals surface area contributed by atoms with Gasteiger partial charge in [0.05, 0.1) is 16.6 Å². The maximum atomic E-state index is 14.2. The quantitative estimate of drug-likeness (QED) is 0.280. The van der Waals surface area contributed by atoms with Gasteiger partial charge in [-0.1, -0.05) is 43.3 Å². The number of nitrogens with zero attached hydrogens (tertiary/aromatic N) is 1. The van der Waals surface area contributed by atoms with E-state index in [0.29, 0.717) is 23.5 Å². The van der Waals surface area contributed by atoms with Gasteiger partial charge in [0, 0.05) is 25.7 Å². The Morgan fingerprint density at radius 1 is 1.10 bits per heavy atom. The molecule has 0 aliphatic heterocycles. The van der Waals surface area contributed by atoms with Crippen LogP contribution in [0.3, 0.4) is 0 Å². The zero-order chi connectivity index (χ0) is 29.9. The molecule has 41 heavy (non-hydrogen) atoms. The number of likely N-dealkylation sites (N-methyl/N-ethyl adjacent to an activating group) is 1. The molecule has 0 bridgehead atoms. The maximum absolute atomic E-state index is 14.2. The molecular formula is C32H39FN2O5S. The van der Waals surface area contributed by atoms with Crippen LogP contribution in [-0.4, -0.2) is 60.7 Å². The van der Waals surface area contributed by atoms with Crippen LogP contribution in [-0.2, 0) is 29.3 Å². The average molecular weight is 583 g/mol. The number of carboxylic acid groups (broad SMARTS) is 1. The van der Waals surface area contributed by atoms with Crippen molar-refractivity contribution in [2.45, 2.75) is 63.0 Å². The Balaban J connectivity index is 1.44. The van der Waals surface area contributed by atoms with Gasteiger partial charge in [-0.25, -0.2) is 17.6 Å². The van der Waals surface area contributed by atoms with Gasteiger partial charge in [-0.05, 0) is 97.5 Å². The second-order valence-electron chi connectivity index (χ2n) is 11.6. The lowest BCUT2D eigenvalue weighted by Crippen LogP contribution is -2.47. The summed E-state index contributed by atoms with van der Waals surface area (Å²) >= 11 is 0. The van der Waals surface area contributed by atoms with E-state index in [1.165, 1.54) is 36.4 Å². The standard InChI is InChI=1S/C32H39FN2O5S/c1-5-28-29(24-15-25(31(37)38)17-26(33)16-24)11-8-12-30(28)41(39,40)35(4)20-27(36)19-34-32(2,3)18-21-13-22-9-6-7-10-23(22)14-21/h6-12,15-17,21,27,34,36H,5,13-14,18-20H2,1-4H3,(H,37,38)/t27-/m1/s1. The number of carbonyl (C=O) groups is 1. The minimum absolute atomic E-state index is 0.0439. The molecule has 3 aromatic rings. The zero-order valence-corrected chi connectivity index (χ0v) is 24.8. The van der Waals surface area contributed by atoms with Crippen molar-refractivity contribution in [2.24, 2.45) is 5.92 Å². The summed E-state index contributed by atoms with van der Waals surface area (Å²) in [5, 5.41) is 23.6. The summed E-state index contributed by atoms with van der Waals surface area (Å²) in [5.41, 5.74) is 3.52. The summed E-state index contributed by atoms with van der Waals surface area (Å²) in [6.45, 7) is 6.11. The van der Waals surface area contributed by atoms with Crippen LogP contribution in [0.25, 0.3) is 11.1 Å². The van der Waals surface area contributed by atoms with Gasteiger partial charge in [-0.3, -0.25) is 0 Å². The molecule has 0 saturated carbocycles. The molecular weight excluding hydrogens is 543 g/mol. The van der Waals surface area contributed by atoms with Crippen molar-refractivity contribution in [1.82, 2.24) is 9.62 Å². The summed E-state index contributed by atoms with van der Waals surface area (Å²) in [4.78, 5) is 11.5. The van der Waals surface area contributed by atoms with Crippen molar-refractivity contribution in [3.05, 3.63) is 88.7 Å². The Labute approximate surface area is 242 Å². The smallest absolute Gasteiger partial charge is 0.335 e. The van der Waals surface area contributed by atoms with Crippen LogP contribution >= 0.6 is 0 Å². The largest absolute Gasteiger partial charge is 0.478 e. The van der Waals surface area contributed by atoms with E-state index in [4.69, 9.17) is 0 Å². The molecule has 1 aliphatic rings. The van der Waals surface area contributed by atoms with Gasteiger partial charge >= 0.3 is 5.97 Å². The topological polar surface area (TPSA) is 107 Å². The molecule has 7 nitrogen and oxygen atoms in total. The summed E-state index contributed by atoms with van der Waals surface area (Å²) in [6, 6.07) is 16.7. The minimum Gasteiger partial charge on any atom is -0.478 e. The van der Waals surface area contributed by atoms with E-state index in [2.05, 4.69) is 43.4 Å². The third-order valence-electron chi connectivity index (χ3n) is 7.85. The van der Waals surface area contributed by atoms with Crippen LogP contribution in [0, 0.1) is 11.7 Å². The zero-order valence-electron chi connectivity index (χ0n) is 24.0. The summed E-state index contributed by atoms with van der Waals surface area (Å²) in [6.07, 6.45) is 2.39. The Bertz CT molecular complexity index is 1500. The van der Waals surface area contributed by atoms with Gasteiger partial charge in [-0.15, -0.1) is 0 Å². The maximum Gasteiger partial charge on any atom is 0.335 e. The van der Waals surface area contributed by atoms with Crippen molar-refractivity contribution < 1.29 is 27.8 Å². The Kier molecular flexibility index (Phi) is 9.33. The molecule has 0 spiro atoms. The summed E-state index contributed by atoms with van der Waals surface area (Å²) in [7, 11) is -2.58. The number of halogens is 1. The van der Waals surface area contributed by atoms with E-state index in [1.807, 2.05) is 0 Å². The van der Waals surface area contributed by atoms with E-state index >= 15 is 0 Å². The fourth-order valence-corrected chi connectivity index (χ4v) is 7.44. The van der Waals surface area contributed by atoms with Crippen LogP contribution in [0.2, 0.25) is 0 Å². The first-order valence-corrected chi connectivity index (χ1v) is 15.4. The molecule has 220 valence electrons. The number of aromatic carboxylic acids is 1. The number of hydrogen-bond donors (Lipinski definition) is 3. The van der Waals surface area contributed by atoms with E-state index in [9.17, 15) is 27.8 Å². The normalized spacial score (nSPS) is 14.8. The lowest BCUT2D eigenvalue weighted by molar-refractivity contribution is 0.0696. The number of carboxylic acids is 1. The monoisotopic (exact) mass is 582 g/mol. The number of hydrogen-bond acceptors (Lipinski definition) is 5. The van der Waals surface area contributed by atoms with E-state index in [-0.39, 0.29) is 34.7 Å². The van der Waals surface area contributed by atoms with Crippen LogP contribution in [0.1, 0.15) is 54.2 Å². The number of fused-ring (bicyclic) bond motifs is 1. The summed E-state index contributed by atoms with van der Waals surface area (Å²) < 4.78 is 42.6. The van der Waals surface area contributed by atoms with Gasteiger partial charge < -0.3 is 15.5 Å². The van der Waals surface area contributed by atoms with E-state index < -0.39 is 27.9 Å². The van der Waals surface area contributed by atoms with Crippen molar-refractivity contribution in [2.75, 3.05) is 20.1 Å². The second kappa shape index (κ2) is 12.4. The SMILES string of the molecule is CCc1c(-c2cc(F)cc(C(=O)O)c2)cccc1S(=O)(=O)N(C)C[C@H](O)CNC(C)(C)CC1Cc2ccccc2C1. The van der Waals surface area contributed by atoms with Gasteiger partial charge in [0.2, 0.25) is 10.0 Å². The van der Waals surface area contributed by atoms with Gasteiger partial charge in [0.15, 0.2) is 0 Å². The number of aliphatic hydroxyl groups is 1. The Morgan fingerprint density at radius 3 is 2.37 bits per heavy atom. The highest BCUT2D eigenvalue weighted by molar-refractivity contribution is 7.89. The predicted molar refractivity (Wildman–Crippen MR) is 158 cm³/mol. The number of nitrogens with one attached hydrogen (secondary N) is 1. The van der Waals surface area contributed by atoms with E-state index in [1.54, 1.807) is 19.1 Å². The Hall–Kier alpha value is -3.11. The van der Waals surface area contributed by atoms with Crippen LogP contribution < -0.4 is 5.32 Å². The molecule has 3 aromatic carbocycles. The molecule has 0 aromatic heterocycles. The Morgan fingerprint density at radius 2 is 1.76 bits per heavy atom. The average Bonchev–Trinajstić information content (AvgIpc) is 3.32. The van der Waals surface area contributed by atoms with E-state index in [0.717, 1.165) is 29.6 Å². The fraction of sp³-hybridized carbons (Fsp3) is 0.406. The lowest BCUT2D eigenvalue weighted by atomic mass is 9.88. The molecule has 0 saturated heterocycles. The summed E-state index contributed by atoms with van der Waals surface area (Å²) in [5.74, 6) is -1.48. The first-order chi connectivity index (χ1) is 19.3. The third-order valence-corrected chi connectivity index (χ3v) is 9.76. The minimum atomic E-state index is -4.01. The molecule has 0 radical (unpaired) electrons. The van der Waals surface area contributed by atoms with Gasteiger partial charge in [0.1, 0.15) is 5.82 Å².